The molecule has 1 aliphatic heterocycles. The summed E-state index contributed by atoms with van der Waals surface area (Å²) in [5.74, 6) is 0.665. The first kappa shape index (κ1) is 16.2. The van der Waals surface area contributed by atoms with Crippen molar-refractivity contribution in [3.8, 4) is 0 Å². The number of rotatable bonds is 4. The second-order valence-corrected chi connectivity index (χ2v) is 7.82. The molecule has 2 aliphatic rings. The van der Waals surface area contributed by atoms with Gasteiger partial charge in [-0.25, -0.2) is 18.5 Å². The van der Waals surface area contributed by atoms with E-state index in [2.05, 4.69) is 10.3 Å². The predicted molar refractivity (Wildman–Crippen MR) is 86.2 cm³/mol. The lowest BCUT2D eigenvalue weighted by Crippen LogP contribution is -2.35. The number of hydrogen-bond acceptors (Lipinski definition) is 5. The number of pyridine rings is 1. The van der Waals surface area contributed by atoms with Gasteiger partial charge in [-0.1, -0.05) is 12.8 Å². The normalized spacial score (nSPS) is 22.5. The molecule has 0 aromatic carbocycles. The van der Waals surface area contributed by atoms with Crippen LogP contribution in [0.25, 0.3) is 0 Å². The van der Waals surface area contributed by atoms with E-state index < -0.39 is 10.0 Å². The quantitative estimate of drug-likeness (QED) is 0.850. The van der Waals surface area contributed by atoms with Gasteiger partial charge in [-0.2, -0.15) is 0 Å². The van der Waals surface area contributed by atoms with Crippen LogP contribution in [0.15, 0.2) is 23.2 Å². The molecule has 1 aliphatic carbocycles. The summed E-state index contributed by atoms with van der Waals surface area (Å²) in [6.07, 6.45) is 6.55. The monoisotopic (exact) mass is 338 g/mol. The van der Waals surface area contributed by atoms with Gasteiger partial charge in [-0.15, -0.1) is 0 Å². The number of anilines is 1. The Balaban J connectivity index is 1.66. The molecule has 8 heteroatoms. The highest BCUT2D eigenvalue weighted by Gasteiger charge is 2.32. The Bertz CT molecular complexity index is 686. The molecule has 3 N–H and O–H groups in total. The molecule has 1 saturated heterocycles. The first-order valence-electron chi connectivity index (χ1n) is 7.98. The smallest absolute Gasteiger partial charge is 0.241 e. The second-order valence-electron chi connectivity index (χ2n) is 6.29. The maximum atomic E-state index is 12.4. The van der Waals surface area contributed by atoms with E-state index in [0.29, 0.717) is 13.1 Å². The van der Waals surface area contributed by atoms with Crippen molar-refractivity contribution in [3.63, 3.8) is 0 Å². The van der Waals surface area contributed by atoms with E-state index in [9.17, 15) is 13.2 Å². The highest BCUT2D eigenvalue weighted by molar-refractivity contribution is 7.89. The molecule has 1 atom stereocenters. The molecule has 1 saturated carbocycles. The standard InChI is InChI=1S/C15H22N4O3S/c16-23(21,22)13-6-3-8-17-14(13)18-12-7-9-19(10-12)15(20)11-4-1-2-5-11/h3,6,8,11-12H,1-2,4-5,7,9-10H2,(H,17,18)(H2,16,21,22). The van der Waals surface area contributed by atoms with Gasteiger partial charge in [-0.3, -0.25) is 4.79 Å². The van der Waals surface area contributed by atoms with Gasteiger partial charge >= 0.3 is 0 Å². The van der Waals surface area contributed by atoms with Gasteiger partial charge in [0, 0.05) is 31.2 Å². The molecule has 0 spiro atoms. The van der Waals surface area contributed by atoms with Crippen molar-refractivity contribution in [2.24, 2.45) is 11.1 Å². The minimum absolute atomic E-state index is 0.00393. The summed E-state index contributed by atoms with van der Waals surface area (Å²) >= 11 is 0. The van der Waals surface area contributed by atoms with Crippen molar-refractivity contribution in [1.29, 1.82) is 0 Å². The van der Waals surface area contributed by atoms with Crippen LogP contribution in [0.5, 0.6) is 0 Å². The molecule has 0 radical (unpaired) electrons. The molecular weight excluding hydrogens is 316 g/mol. The first-order valence-corrected chi connectivity index (χ1v) is 9.53. The molecule has 1 aromatic rings. The minimum Gasteiger partial charge on any atom is -0.364 e. The first-order chi connectivity index (χ1) is 10.9. The summed E-state index contributed by atoms with van der Waals surface area (Å²) in [6, 6.07) is 2.96. The Hall–Kier alpha value is -1.67. The molecule has 1 amide bonds. The summed E-state index contributed by atoms with van der Waals surface area (Å²) in [5, 5.41) is 8.35. The van der Waals surface area contributed by atoms with Crippen LogP contribution < -0.4 is 10.5 Å². The van der Waals surface area contributed by atoms with Crippen molar-refractivity contribution in [3.05, 3.63) is 18.3 Å². The Labute approximate surface area is 136 Å². The van der Waals surface area contributed by atoms with Crippen molar-refractivity contribution < 1.29 is 13.2 Å². The molecule has 23 heavy (non-hydrogen) atoms. The van der Waals surface area contributed by atoms with E-state index in [1.54, 1.807) is 0 Å². The minimum atomic E-state index is -3.82. The number of aromatic nitrogens is 1. The molecule has 126 valence electrons. The third-order valence-corrected chi connectivity index (χ3v) is 5.56. The summed E-state index contributed by atoms with van der Waals surface area (Å²) in [4.78, 5) is 18.4. The number of primary sulfonamides is 1. The van der Waals surface area contributed by atoms with Crippen LogP contribution in [0.3, 0.4) is 0 Å². The Morgan fingerprint density at radius 1 is 1.30 bits per heavy atom. The number of nitrogens with zero attached hydrogens (tertiary/aromatic N) is 2. The zero-order valence-corrected chi connectivity index (χ0v) is 13.8. The van der Waals surface area contributed by atoms with E-state index in [0.717, 1.165) is 32.1 Å². The molecule has 0 bridgehead atoms. The molecule has 3 rings (SSSR count). The fourth-order valence-corrected chi connectivity index (χ4v) is 4.08. The van der Waals surface area contributed by atoms with Crippen LogP contribution in [0.1, 0.15) is 32.1 Å². The Kier molecular flexibility index (Phi) is 4.54. The Morgan fingerprint density at radius 3 is 2.74 bits per heavy atom. The van der Waals surface area contributed by atoms with Crippen LogP contribution in [0.2, 0.25) is 0 Å². The number of likely N-dealkylation sites (tertiary alicyclic amines) is 1. The highest BCUT2D eigenvalue weighted by atomic mass is 32.2. The number of carbonyl (C=O) groups is 1. The number of sulfonamides is 1. The number of carbonyl (C=O) groups excluding carboxylic acids is 1. The van der Waals surface area contributed by atoms with Gasteiger partial charge in [0.15, 0.2) is 0 Å². The topological polar surface area (TPSA) is 105 Å². The van der Waals surface area contributed by atoms with Crippen molar-refractivity contribution in [2.75, 3.05) is 18.4 Å². The largest absolute Gasteiger partial charge is 0.364 e. The van der Waals surface area contributed by atoms with Gasteiger partial charge in [0.2, 0.25) is 15.9 Å². The fraction of sp³-hybridized carbons (Fsp3) is 0.600. The van der Waals surface area contributed by atoms with Crippen LogP contribution in [0.4, 0.5) is 5.82 Å². The average molecular weight is 338 g/mol. The SMILES string of the molecule is NS(=O)(=O)c1cccnc1NC1CCN(C(=O)C2CCCC2)C1. The maximum Gasteiger partial charge on any atom is 0.241 e. The van der Waals surface area contributed by atoms with Crippen LogP contribution in [0, 0.1) is 5.92 Å². The second kappa shape index (κ2) is 6.45. The predicted octanol–water partition coefficient (Wildman–Crippen LogP) is 0.932. The molecule has 7 nitrogen and oxygen atoms in total. The third-order valence-electron chi connectivity index (χ3n) is 4.62. The van der Waals surface area contributed by atoms with Gasteiger partial charge in [0.25, 0.3) is 0 Å². The third kappa shape index (κ3) is 3.64. The van der Waals surface area contributed by atoms with Gasteiger partial charge in [0.05, 0.1) is 0 Å². The number of hydrogen-bond donors (Lipinski definition) is 2. The lowest BCUT2D eigenvalue weighted by molar-refractivity contribution is -0.134. The number of nitrogens with two attached hydrogens (primary N) is 1. The van der Waals surface area contributed by atoms with Crippen molar-refractivity contribution >= 4 is 21.7 Å². The van der Waals surface area contributed by atoms with Crippen LogP contribution in [-0.4, -0.2) is 43.3 Å². The lowest BCUT2D eigenvalue weighted by atomic mass is 10.1. The van der Waals surface area contributed by atoms with Crippen molar-refractivity contribution in [1.82, 2.24) is 9.88 Å². The van der Waals surface area contributed by atoms with Gasteiger partial charge < -0.3 is 10.2 Å². The van der Waals surface area contributed by atoms with E-state index in [4.69, 9.17) is 5.14 Å². The van der Waals surface area contributed by atoms with E-state index >= 15 is 0 Å². The summed E-state index contributed by atoms with van der Waals surface area (Å²) in [6.45, 7) is 1.28. The molecule has 2 fully saturated rings. The van der Waals surface area contributed by atoms with Crippen molar-refractivity contribution in [2.45, 2.75) is 43.0 Å². The fourth-order valence-electron chi connectivity index (χ4n) is 3.43. The summed E-state index contributed by atoms with van der Waals surface area (Å²) in [5.41, 5.74) is 0. The van der Waals surface area contributed by atoms with Crippen LogP contribution >= 0.6 is 0 Å². The summed E-state index contributed by atoms with van der Waals surface area (Å²) in [7, 11) is -3.82. The zero-order chi connectivity index (χ0) is 16.4. The molecule has 1 unspecified atom stereocenters. The molecule has 1 aromatic heterocycles. The Morgan fingerprint density at radius 2 is 2.04 bits per heavy atom. The highest BCUT2D eigenvalue weighted by Crippen LogP contribution is 2.28. The average Bonchev–Trinajstić information content (AvgIpc) is 3.17. The lowest BCUT2D eigenvalue weighted by Gasteiger charge is -2.21. The maximum absolute atomic E-state index is 12.4. The van der Waals surface area contributed by atoms with Gasteiger partial charge in [0.1, 0.15) is 10.7 Å². The number of amides is 1. The van der Waals surface area contributed by atoms with Crippen LogP contribution in [-0.2, 0) is 14.8 Å². The molecule has 2 heterocycles. The number of nitrogens with one attached hydrogen (secondary N) is 1. The molecular formula is C15H22N4O3S. The van der Waals surface area contributed by atoms with E-state index in [1.807, 2.05) is 4.90 Å². The summed E-state index contributed by atoms with van der Waals surface area (Å²) < 4.78 is 23.2. The van der Waals surface area contributed by atoms with E-state index in [-0.39, 0.29) is 28.6 Å². The zero-order valence-electron chi connectivity index (χ0n) is 12.9. The van der Waals surface area contributed by atoms with Gasteiger partial charge in [-0.05, 0) is 31.4 Å². The van der Waals surface area contributed by atoms with E-state index in [1.165, 1.54) is 18.3 Å².